The molecular weight excluding hydrogens is 274 g/mol. The van der Waals surface area contributed by atoms with Crippen molar-refractivity contribution in [1.82, 2.24) is 15.1 Å². The number of nitrogens with zero attached hydrogens (tertiary/aromatic N) is 2. The number of Topliss-reactive ketones (excluding diaryl/α,β-unsaturated/α-hetero) is 1. The first-order valence-electron chi connectivity index (χ1n) is 7.48. The molecule has 1 N–H and O–H groups in total. The Morgan fingerprint density at radius 1 is 1.40 bits per heavy atom. The van der Waals surface area contributed by atoms with Gasteiger partial charge in [-0.25, -0.2) is 0 Å². The zero-order chi connectivity index (χ0) is 15.1. The summed E-state index contributed by atoms with van der Waals surface area (Å²) in [6, 6.07) is 0.466. The lowest BCUT2D eigenvalue weighted by Gasteiger charge is -2.08. The van der Waals surface area contributed by atoms with E-state index in [0.29, 0.717) is 23.9 Å². The topological polar surface area (TPSA) is 46.9 Å². The van der Waals surface area contributed by atoms with Gasteiger partial charge in [0.1, 0.15) is 5.78 Å². The number of ketones is 1. The molecule has 114 valence electrons. The van der Waals surface area contributed by atoms with Crippen LogP contribution in [-0.2, 0) is 24.2 Å². The predicted octanol–water partition coefficient (Wildman–Crippen LogP) is 3.01. The van der Waals surface area contributed by atoms with E-state index in [4.69, 9.17) is 11.6 Å². The van der Waals surface area contributed by atoms with Crippen LogP contribution < -0.4 is 5.32 Å². The van der Waals surface area contributed by atoms with Gasteiger partial charge in [-0.2, -0.15) is 5.10 Å². The maximum atomic E-state index is 12.0. The molecule has 0 saturated heterocycles. The molecule has 1 aromatic rings. The number of carbonyl (C=O) groups is 1. The first kappa shape index (κ1) is 17.2. The quantitative estimate of drug-likeness (QED) is 0.713. The van der Waals surface area contributed by atoms with Gasteiger partial charge in [-0.3, -0.25) is 9.48 Å². The van der Waals surface area contributed by atoms with Crippen molar-refractivity contribution in [3.8, 4) is 0 Å². The molecular formula is C15H26ClN3O. The van der Waals surface area contributed by atoms with Crippen LogP contribution >= 0.6 is 11.6 Å². The van der Waals surface area contributed by atoms with Crippen molar-refractivity contribution in [3.05, 3.63) is 16.4 Å². The Bertz CT molecular complexity index is 441. The lowest BCUT2D eigenvalue weighted by Crippen LogP contribution is -2.24. The summed E-state index contributed by atoms with van der Waals surface area (Å²) in [5, 5.41) is 8.43. The van der Waals surface area contributed by atoms with E-state index in [1.807, 2.05) is 18.5 Å². The third-order valence-corrected chi connectivity index (χ3v) is 3.68. The highest BCUT2D eigenvalue weighted by Gasteiger charge is 2.16. The van der Waals surface area contributed by atoms with Gasteiger partial charge >= 0.3 is 0 Å². The summed E-state index contributed by atoms with van der Waals surface area (Å²) in [6.45, 7) is 9.88. The van der Waals surface area contributed by atoms with Gasteiger partial charge in [-0.05, 0) is 26.3 Å². The Labute approximate surface area is 126 Å². The van der Waals surface area contributed by atoms with E-state index >= 15 is 0 Å². The molecule has 0 aliphatic heterocycles. The van der Waals surface area contributed by atoms with E-state index in [1.165, 1.54) is 0 Å². The van der Waals surface area contributed by atoms with Crippen LogP contribution in [0.2, 0.25) is 5.02 Å². The Hall–Kier alpha value is -0.870. The fourth-order valence-corrected chi connectivity index (χ4v) is 2.47. The van der Waals surface area contributed by atoms with Crippen molar-refractivity contribution < 1.29 is 4.79 Å². The lowest BCUT2D eigenvalue weighted by molar-refractivity contribution is -0.118. The second-order valence-electron chi connectivity index (χ2n) is 5.30. The monoisotopic (exact) mass is 299 g/mol. The van der Waals surface area contributed by atoms with Crippen molar-refractivity contribution in [2.24, 2.45) is 0 Å². The van der Waals surface area contributed by atoms with E-state index < -0.39 is 0 Å². The number of halogens is 1. The molecule has 0 aliphatic rings. The van der Waals surface area contributed by atoms with Gasteiger partial charge in [0.2, 0.25) is 0 Å². The summed E-state index contributed by atoms with van der Waals surface area (Å²) in [5.74, 6) is 0.231. The van der Waals surface area contributed by atoms with Crippen LogP contribution in [0.15, 0.2) is 0 Å². The maximum absolute atomic E-state index is 12.0. The molecule has 0 saturated carbocycles. The molecule has 1 aromatic heterocycles. The minimum Gasteiger partial charge on any atom is -0.315 e. The van der Waals surface area contributed by atoms with E-state index in [2.05, 4.69) is 24.3 Å². The van der Waals surface area contributed by atoms with E-state index in [9.17, 15) is 4.79 Å². The minimum absolute atomic E-state index is 0.231. The number of nitrogens with one attached hydrogen (secondary N) is 1. The van der Waals surface area contributed by atoms with Crippen molar-refractivity contribution in [3.63, 3.8) is 0 Å². The normalized spacial score (nSPS) is 11.3. The van der Waals surface area contributed by atoms with Crippen molar-refractivity contribution >= 4 is 17.4 Å². The Balaban J connectivity index is 2.55. The first-order chi connectivity index (χ1) is 9.49. The molecule has 4 nitrogen and oxygen atoms in total. The molecule has 0 atom stereocenters. The zero-order valence-electron chi connectivity index (χ0n) is 13.0. The van der Waals surface area contributed by atoms with Gasteiger partial charge < -0.3 is 5.32 Å². The SMILES string of the molecule is CCc1nn(CC)c(CC(=O)CCCNC(C)C)c1Cl. The number of rotatable bonds is 9. The highest BCUT2D eigenvalue weighted by Crippen LogP contribution is 2.22. The van der Waals surface area contributed by atoms with Crippen molar-refractivity contribution in [2.75, 3.05) is 6.54 Å². The van der Waals surface area contributed by atoms with Gasteiger partial charge in [0.25, 0.3) is 0 Å². The Morgan fingerprint density at radius 3 is 2.65 bits per heavy atom. The zero-order valence-corrected chi connectivity index (χ0v) is 13.8. The van der Waals surface area contributed by atoms with Gasteiger partial charge in [0.05, 0.1) is 16.4 Å². The largest absolute Gasteiger partial charge is 0.315 e. The summed E-state index contributed by atoms with van der Waals surface area (Å²) in [6.07, 6.45) is 2.65. The number of hydrogen-bond acceptors (Lipinski definition) is 3. The number of aromatic nitrogens is 2. The molecule has 0 aliphatic carbocycles. The summed E-state index contributed by atoms with van der Waals surface area (Å²) < 4.78 is 1.85. The van der Waals surface area contributed by atoms with Crippen molar-refractivity contribution in [2.45, 2.75) is 66.0 Å². The van der Waals surface area contributed by atoms with Crippen LogP contribution in [0.3, 0.4) is 0 Å². The van der Waals surface area contributed by atoms with Gasteiger partial charge in [-0.1, -0.05) is 32.4 Å². The molecule has 0 unspecified atom stereocenters. The molecule has 20 heavy (non-hydrogen) atoms. The molecule has 1 rings (SSSR count). The summed E-state index contributed by atoms with van der Waals surface area (Å²) in [4.78, 5) is 12.0. The van der Waals surface area contributed by atoms with Crippen molar-refractivity contribution in [1.29, 1.82) is 0 Å². The van der Waals surface area contributed by atoms with Gasteiger partial charge in [0, 0.05) is 25.4 Å². The van der Waals surface area contributed by atoms with Crippen LogP contribution in [0.1, 0.15) is 51.9 Å². The average molecular weight is 300 g/mol. The summed E-state index contributed by atoms with van der Waals surface area (Å²) >= 11 is 6.31. The number of hydrogen-bond donors (Lipinski definition) is 1. The summed E-state index contributed by atoms with van der Waals surface area (Å²) in [7, 11) is 0. The number of aryl methyl sites for hydroxylation is 2. The van der Waals surface area contributed by atoms with E-state index in [0.717, 1.165) is 37.3 Å². The molecule has 0 aromatic carbocycles. The Morgan fingerprint density at radius 2 is 2.10 bits per heavy atom. The van der Waals surface area contributed by atoms with Gasteiger partial charge in [0.15, 0.2) is 0 Å². The number of carbonyl (C=O) groups excluding carboxylic acids is 1. The Kier molecular flexibility index (Phi) is 7.24. The second-order valence-corrected chi connectivity index (χ2v) is 5.68. The molecule has 5 heteroatoms. The van der Waals surface area contributed by atoms with Gasteiger partial charge in [-0.15, -0.1) is 0 Å². The lowest BCUT2D eigenvalue weighted by atomic mass is 10.1. The first-order valence-corrected chi connectivity index (χ1v) is 7.86. The molecule has 0 bridgehead atoms. The van der Waals surface area contributed by atoms with Crippen LogP contribution in [-0.4, -0.2) is 28.2 Å². The van der Waals surface area contributed by atoms with E-state index in [-0.39, 0.29) is 5.78 Å². The highest BCUT2D eigenvalue weighted by molar-refractivity contribution is 6.32. The molecule has 0 spiro atoms. The standard InChI is InChI=1S/C15H26ClN3O/c1-5-13-15(16)14(19(6-2)18-13)10-12(20)8-7-9-17-11(3)4/h11,17H,5-10H2,1-4H3. The smallest absolute Gasteiger partial charge is 0.138 e. The summed E-state index contributed by atoms with van der Waals surface area (Å²) in [5.41, 5.74) is 1.76. The van der Waals surface area contributed by atoms with Crippen LogP contribution in [0.25, 0.3) is 0 Å². The van der Waals surface area contributed by atoms with E-state index in [1.54, 1.807) is 0 Å². The maximum Gasteiger partial charge on any atom is 0.138 e. The van der Waals surface area contributed by atoms with Crippen LogP contribution in [0.5, 0.6) is 0 Å². The molecule has 0 amide bonds. The third kappa shape index (κ3) is 4.91. The molecule has 0 radical (unpaired) electrons. The fraction of sp³-hybridized carbons (Fsp3) is 0.733. The van der Waals surface area contributed by atoms with Crippen LogP contribution in [0, 0.1) is 0 Å². The molecule has 1 heterocycles. The minimum atomic E-state index is 0.231. The molecule has 0 fully saturated rings. The second kappa shape index (κ2) is 8.42. The van der Waals surface area contributed by atoms with Crippen LogP contribution in [0.4, 0.5) is 0 Å². The predicted molar refractivity (Wildman–Crippen MR) is 83.4 cm³/mol. The average Bonchev–Trinajstić information content (AvgIpc) is 2.71. The fourth-order valence-electron chi connectivity index (χ4n) is 2.14. The highest BCUT2D eigenvalue weighted by atomic mass is 35.5. The third-order valence-electron chi connectivity index (χ3n) is 3.24.